The summed E-state index contributed by atoms with van der Waals surface area (Å²) < 4.78 is 32.7. The monoisotopic (exact) mass is 416 g/mol. The number of nitrogens with one attached hydrogen (secondary N) is 1. The molecule has 0 radical (unpaired) electrons. The number of anilines is 1. The molecule has 1 aliphatic heterocycles. The highest BCUT2D eigenvalue weighted by molar-refractivity contribution is 7.89. The van der Waals surface area contributed by atoms with Crippen LogP contribution in [0.1, 0.15) is 37.3 Å². The van der Waals surface area contributed by atoms with Gasteiger partial charge in [0.2, 0.25) is 10.0 Å². The Hall–Kier alpha value is -2.38. The molecule has 0 saturated carbocycles. The summed E-state index contributed by atoms with van der Waals surface area (Å²) in [6.45, 7) is 6.75. The van der Waals surface area contributed by atoms with E-state index in [0.717, 1.165) is 30.4 Å². The summed E-state index contributed by atoms with van der Waals surface area (Å²) in [4.78, 5) is 12.7. The fraction of sp³-hybridized carbons (Fsp3) is 0.409. The van der Waals surface area contributed by atoms with Gasteiger partial charge in [-0.05, 0) is 69.5 Å². The summed E-state index contributed by atoms with van der Waals surface area (Å²) in [6.07, 6.45) is 2.17. The Kier molecular flexibility index (Phi) is 6.59. The second kappa shape index (κ2) is 8.97. The van der Waals surface area contributed by atoms with E-state index in [-0.39, 0.29) is 10.8 Å². The van der Waals surface area contributed by atoms with Gasteiger partial charge in [0.1, 0.15) is 5.75 Å². The van der Waals surface area contributed by atoms with E-state index in [0.29, 0.717) is 24.5 Å². The lowest BCUT2D eigenvalue weighted by atomic mass is 10.1. The van der Waals surface area contributed by atoms with Crippen molar-refractivity contribution in [3.63, 3.8) is 0 Å². The largest absolute Gasteiger partial charge is 0.481 e. The van der Waals surface area contributed by atoms with E-state index in [1.165, 1.54) is 16.4 Å². The van der Waals surface area contributed by atoms with Gasteiger partial charge in [0.25, 0.3) is 5.91 Å². The van der Waals surface area contributed by atoms with Crippen LogP contribution in [0.3, 0.4) is 0 Å². The minimum Gasteiger partial charge on any atom is -0.481 e. The molecule has 0 unspecified atom stereocenters. The molecule has 7 heteroatoms. The fourth-order valence-electron chi connectivity index (χ4n) is 3.38. The quantitative estimate of drug-likeness (QED) is 0.775. The summed E-state index contributed by atoms with van der Waals surface area (Å²) in [5.41, 5.74) is 2.63. The van der Waals surface area contributed by atoms with Crippen LogP contribution in [-0.2, 0) is 14.8 Å². The maximum Gasteiger partial charge on any atom is 0.265 e. The van der Waals surface area contributed by atoms with Crippen LogP contribution in [0.2, 0.25) is 0 Å². The lowest BCUT2D eigenvalue weighted by Gasteiger charge is -2.25. The molecule has 1 saturated heterocycles. The molecule has 0 aliphatic carbocycles. The van der Waals surface area contributed by atoms with Crippen molar-refractivity contribution in [3.05, 3.63) is 53.6 Å². The van der Waals surface area contributed by atoms with Gasteiger partial charge in [0.15, 0.2) is 6.10 Å². The van der Waals surface area contributed by atoms with Gasteiger partial charge in [-0.1, -0.05) is 24.1 Å². The molecule has 0 bridgehead atoms. The molecular formula is C22H28N2O4S. The molecule has 2 aromatic carbocycles. The lowest BCUT2D eigenvalue weighted by Crippen LogP contribution is -2.35. The molecular weight excluding hydrogens is 388 g/mol. The smallest absolute Gasteiger partial charge is 0.265 e. The molecule has 1 N–H and O–H groups in total. The minimum absolute atomic E-state index is 0.247. The van der Waals surface area contributed by atoms with E-state index in [9.17, 15) is 13.2 Å². The number of ether oxygens (including phenoxy) is 1. The van der Waals surface area contributed by atoms with Crippen LogP contribution in [-0.4, -0.2) is 37.8 Å². The van der Waals surface area contributed by atoms with Crippen molar-refractivity contribution in [1.29, 1.82) is 0 Å². The maximum absolute atomic E-state index is 12.7. The van der Waals surface area contributed by atoms with Crippen LogP contribution < -0.4 is 10.1 Å². The lowest BCUT2D eigenvalue weighted by molar-refractivity contribution is -0.122. The third-order valence-electron chi connectivity index (χ3n) is 5.08. The number of amides is 1. The first kappa shape index (κ1) is 21.3. The Morgan fingerprint density at radius 1 is 1.03 bits per heavy atom. The SMILES string of the molecule is Cc1ccc(O[C@@H](C)C(=O)Nc2ccc(S(=O)(=O)N3CCCCC3)cc2)c(C)c1. The van der Waals surface area contributed by atoms with Crippen molar-refractivity contribution in [3.8, 4) is 5.75 Å². The van der Waals surface area contributed by atoms with Crippen LogP contribution in [0, 0.1) is 13.8 Å². The number of piperidine rings is 1. The Morgan fingerprint density at radius 3 is 2.31 bits per heavy atom. The topological polar surface area (TPSA) is 75.7 Å². The molecule has 0 aromatic heterocycles. The normalized spacial score (nSPS) is 16.2. The standard InChI is InChI=1S/C22H28N2O4S/c1-16-7-12-21(17(2)15-16)28-18(3)22(25)23-19-8-10-20(11-9-19)29(26,27)24-13-5-4-6-14-24/h7-12,15,18H,4-6,13-14H2,1-3H3,(H,23,25)/t18-/m0/s1. The molecule has 3 rings (SSSR count). The number of rotatable bonds is 6. The molecule has 1 heterocycles. The number of benzene rings is 2. The van der Waals surface area contributed by atoms with E-state index in [1.807, 2.05) is 32.0 Å². The summed E-state index contributed by atoms with van der Waals surface area (Å²) in [5.74, 6) is 0.373. The summed E-state index contributed by atoms with van der Waals surface area (Å²) >= 11 is 0. The number of hydrogen-bond acceptors (Lipinski definition) is 4. The Labute approximate surface area is 172 Å². The van der Waals surface area contributed by atoms with Crippen LogP contribution in [0.5, 0.6) is 5.75 Å². The van der Waals surface area contributed by atoms with Gasteiger partial charge in [-0.3, -0.25) is 4.79 Å². The van der Waals surface area contributed by atoms with Gasteiger partial charge in [-0.15, -0.1) is 0 Å². The highest BCUT2D eigenvalue weighted by Crippen LogP contribution is 2.23. The first-order valence-corrected chi connectivity index (χ1v) is 11.4. The van der Waals surface area contributed by atoms with E-state index in [2.05, 4.69) is 5.32 Å². The number of sulfonamides is 1. The molecule has 29 heavy (non-hydrogen) atoms. The van der Waals surface area contributed by atoms with Crippen molar-refractivity contribution in [2.24, 2.45) is 0 Å². The van der Waals surface area contributed by atoms with Gasteiger partial charge < -0.3 is 10.1 Å². The van der Waals surface area contributed by atoms with Gasteiger partial charge in [-0.2, -0.15) is 4.31 Å². The second-order valence-corrected chi connectivity index (χ2v) is 9.45. The Bertz CT molecular complexity index is 965. The number of carbonyl (C=O) groups is 1. The zero-order valence-corrected chi connectivity index (χ0v) is 18.0. The van der Waals surface area contributed by atoms with Crippen LogP contribution >= 0.6 is 0 Å². The van der Waals surface area contributed by atoms with Crippen molar-refractivity contribution < 1.29 is 17.9 Å². The highest BCUT2D eigenvalue weighted by Gasteiger charge is 2.26. The Morgan fingerprint density at radius 2 is 1.69 bits per heavy atom. The van der Waals surface area contributed by atoms with Gasteiger partial charge >= 0.3 is 0 Å². The zero-order valence-electron chi connectivity index (χ0n) is 17.1. The summed E-state index contributed by atoms with van der Waals surface area (Å²) in [5, 5.41) is 2.78. The summed E-state index contributed by atoms with van der Waals surface area (Å²) in [6, 6.07) is 12.1. The average Bonchev–Trinajstić information content (AvgIpc) is 2.71. The maximum atomic E-state index is 12.7. The van der Waals surface area contributed by atoms with Gasteiger partial charge in [-0.25, -0.2) is 8.42 Å². The van der Waals surface area contributed by atoms with Crippen molar-refractivity contribution in [2.45, 2.75) is 51.0 Å². The second-order valence-electron chi connectivity index (χ2n) is 7.51. The predicted molar refractivity (Wildman–Crippen MR) is 114 cm³/mol. The van der Waals surface area contributed by atoms with Crippen molar-refractivity contribution in [2.75, 3.05) is 18.4 Å². The molecule has 156 valence electrons. The molecule has 0 spiro atoms. The Balaban J connectivity index is 1.63. The highest BCUT2D eigenvalue weighted by atomic mass is 32.2. The molecule has 6 nitrogen and oxygen atoms in total. The molecule has 1 amide bonds. The number of carbonyl (C=O) groups excluding carboxylic acids is 1. The van der Waals surface area contributed by atoms with Crippen molar-refractivity contribution >= 4 is 21.6 Å². The third kappa shape index (κ3) is 5.16. The number of aryl methyl sites for hydroxylation is 2. The van der Waals surface area contributed by atoms with Crippen LogP contribution in [0.4, 0.5) is 5.69 Å². The summed E-state index contributed by atoms with van der Waals surface area (Å²) in [7, 11) is -3.48. The van der Waals surface area contributed by atoms with E-state index < -0.39 is 16.1 Å². The fourth-order valence-corrected chi connectivity index (χ4v) is 4.90. The number of hydrogen-bond donors (Lipinski definition) is 1. The number of nitrogens with zero attached hydrogens (tertiary/aromatic N) is 1. The first-order chi connectivity index (χ1) is 13.8. The zero-order chi connectivity index (χ0) is 21.0. The first-order valence-electron chi connectivity index (χ1n) is 9.92. The predicted octanol–water partition coefficient (Wildman–Crippen LogP) is 3.88. The third-order valence-corrected chi connectivity index (χ3v) is 6.99. The van der Waals surface area contributed by atoms with Crippen molar-refractivity contribution in [1.82, 2.24) is 4.31 Å². The minimum atomic E-state index is -3.48. The van der Waals surface area contributed by atoms with Crippen LogP contribution in [0.15, 0.2) is 47.4 Å². The van der Waals surface area contributed by atoms with Gasteiger partial charge in [0, 0.05) is 18.8 Å². The molecule has 2 aromatic rings. The van der Waals surface area contributed by atoms with Gasteiger partial charge in [0.05, 0.1) is 4.90 Å². The van der Waals surface area contributed by atoms with E-state index in [4.69, 9.17) is 4.74 Å². The van der Waals surface area contributed by atoms with E-state index >= 15 is 0 Å². The molecule has 1 aliphatic rings. The molecule has 1 atom stereocenters. The van der Waals surface area contributed by atoms with Crippen LogP contribution in [0.25, 0.3) is 0 Å². The average molecular weight is 417 g/mol. The van der Waals surface area contributed by atoms with E-state index in [1.54, 1.807) is 19.1 Å². The molecule has 1 fully saturated rings.